The molecule has 1 aliphatic rings. The average molecular weight is 344 g/mol. The van der Waals surface area contributed by atoms with E-state index < -0.39 is 0 Å². The van der Waals surface area contributed by atoms with Gasteiger partial charge in [0.2, 0.25) is 5.91 Å². The lowest BCUT2D eigenvalue weighted by Gasteiger charge is -2.28. The third-order valence-corrected chi connectivity index (χ3v) is 4.91. The zero-order chi connectivity index (χ0) is 17.8. The molecule has 1 aliphatic heterocycles. The summed E-state index contributed by atoms with van der Waals surface area (Å²) in [6.07, 6.45) is 6.14. The third-order valence-electron chi connectivity index (χ3n) is 4.91. The minimum atomic E-state index is -0.335. The van der Waals surface area contributed by atoms with Crippen molar-refractivity contribution in [3.05, 3.63) is 53.6 Å². The molecule has 1 aromatic carbocycles. The van der Waals surface area contributed by atoms with E-state index in [0.717, 1.165) is 37.1 Å². The number of carbonyl (C=O) groups is 1. The van der Waals surface area contributed by atoms with Gasteiger partial charge in [-0.15, -0.1) is 0 Å². The number of carbonyl (C=O) groups excluding carboxylic acids is 1. The molecule has 5 nitrogen and oxygen atoms in total. The molecule has 2 atom stereocenters. The smallest absolute Gasteiger partial charge is 0.223 e. The Bertz CT molecular complexity index is 724. The van der Waals surface area contributed by atoms with E-state index in [-0.39, 0.29) is 17.8 Å². The number of benzene rings is 1. The van der Waals surface area contributed by atoms with E-state index in [2.05, 4.69) is 10.4 Å². The molecule has 2 aromatic rings. The molecule has 0 aliphatic carbocycles. The molecule has 2 heterocycles. The van der Waals surface area contributed by atoms with E-state index in [0.29, 0.717) is 12.3 Å². The monoisotopic (exact) mass is 344 g/mol. The van der Waals surface area contributed by atoms with Crippen LogP contribution in [-0.2, 0) is 11.8 Å². The number of hydrogen-bond acceptors (Lipinski definition) is 3. The van der Waals surface area contributed by atoms with Gasteiger partial charge in [-0.05, 0) is 49.5 Å². The Labute approximate surface area is 147 Å². The summed E-state index contributed by atoms with van der Waals surface area (Å²) in [5.41, 5.74) is 1.64. The van der Waals surface area contributed by atoms with Gasteiger partial charge in [-0.3, -0.25) is 9.48 Å². The van der Waals surface area contributed by atoms with Gasteiger partial charge in [0.1, 0.15) is 5.82 Å². The van der Waals surface area contributed by atoms with Crippen molar-refractivity contribution in [2.24, 2.45) is 13.0 Å². The molecule has 1 aromatic heterocycles. The zero-order valence-corrected chi connectivity index (χ0v) is 14.8. The second-order valence-electron chi connectivity index (χ2n) is 6.81. The van der Waals surface area contributed by atoms with E-state index >= 15 is 0 Å². The molecule has 6 heteroatoms. The van der Waals surface area contributed by atoms with Crippen molar-refractivity contribution in [2.45, 2.75) is 25.3 Å². The Morgan fingerprint density at radius 1 is 1.48 bits per heavy atom. The molecule has 1 saturated heterocycles. The van der Waals surface area contributed by atoms with Crippen molar-refractivity contribution in [3.63, 3.8) is 0 Å². The summed E-state index contributed by atoms with van der Waals surface area (Å²) in [6.45, 7) is 2.03. The first-order valence-corrected chi connectivity index (χ1v) is 8.75. The Morgan fingerprint density at radius 3 is 2.96 bits per heavy atom. The standard InChI is InChI=1S/C19H25FN4O/c1-23-13-16(12-22-23)19(15-4-3-5-17(20)10-15)24(2)18(25)7-6-14-8-9-21-11-14/h3-5,10,12-14,19,21H,6-9,11H2,1-2H3. The highest BCUT2D eigenvalue weighted by molar-refractivity contribution is 5.77. The first-order valence-electron chi connectivity index (χ1n) is 8.75. The topological polar surface area (TPSA) is 50.2 Å². The summed E-state index contributed by atoms with van der Waals surface area (Å²) in [6, 6.07) is 6.10. The maximum Gasteiger partial charge on any atom is 0.223 e. The van der Waals surface area contributed by atoms with Crippen LogP contribution in [0.5, 0.6) is 0 Å². The van der Waals surface area contributed by atoms with Crippen molar-refractivity contribution in [3.8, 4) is 0 Å². The van der Waals surface area contributed by atoms with Gasteiger partial charge < -0.3 is 10.2 Å². The number of amides is 1. The highest BCUT2D eigenvalue weighted by Crippen LogP contribution is 2.29. The number of rotatable bonds is 6. The van der Waals surface area contributed by atoms with Crippen molar-refractivity contribution in [1.82, 2.24) is 20.0 Å². The maximum absolute atomic E-state index is 13.7. The van der Waals surface area contributed by atoms with E-state index in [1.807, 2.05) is 19.3 Å². The molecule has 0 spiro atoms. The number of hydrogen-bond donors (Lipinski definition) is 1. The third kappa shape index (κ3) is 4.25. The van der Waals surface area contributed by atoms with Crippen molar-refractivity contribution < 1.29 is 9.18 Å². The van der Waals surface area contributed by atoms with E-state index in [4.69, 9.17) is 0 Å². The largest absolute Gasteiger partial charge is 0.334 e. The minimum Gasteiger partial charge on any atom is -0.334 e. The van der Waals surface area contributed by atoms with Gasteiger partial charge in [0, 0.05) is 32.3 Å². The Kier molecular flexibility index (Phi) is 5.48. The molecule has 0 radical (unpaired) electrons. The molecule has 3 rings (SSSR count). The van der Waals surface area contributed by atoms with Gasteiger partial charge in [-0.1, -0.05) is 12.1 Å². The molecular formula is C19H25FN4O. The molecule has 2 unspecified atom stereocenters. The molecule has 134 valence electrons. The van der Waals surface area contributed by atoms with Gasteiger partial charge in [-0.2, -0.15) is 5.10 Å². The second-order valence-corrected chi connectivity index (χ2v) is 6.81. The van der Waals surface area contributed by atoms with E-state index in [1.54, 1.807) is 28.9 Å². The van der Waals surface area contributed by atoms with Crippen LogP contribution in [0.25, 0.3) is 0 Å². The number of halogens is 1. The summed E-state index contributed by atoms with van der Waals surface area (Å²) in [7, 11) is 3.62. The second kappa shape index (κ2) is 7.78. The summed E-state index contributed by atoms with van der Waals surface area (Å²) in [5, 5.41) is 7.54. The molecule has 0 bridgehead atoms. The van der Waals surface area contributed by atoms with Gasteiger partial charge in [-0.25, -0.2) is 4.39 Å². The predicted octanol–water partition coefficient (Wildman–Crippen LogP) is 2.50. The summed E-state index contributed by atoms with van der Waals surface area (Å²) in [5.74, 6) is 0.345. The fourth-order valence-corrected chi connectivity index (χ4v) is 3.51. The normalized spacial score (nSPS) is 18.3. The van der Waals surface area contributed by atoms with Gasteiger partial charge in [0.05, 0.1) is 12.2 Å². The summed E-state index contributed by atoms with van der Waals surface area (Å²) in [4.78, 5) is 14.5. The summed E-state index contributed by atoms with van der Waals surface area (Å²) < 4.78 is 15.4. The molecule has 1 N–H and O–H groups in total. The number of aromatic nitrogens is 2. The van der Waals surface area contributed by atoms with Crippen LogP contribution in [0.2, 0.25) is 0 Å². The van der Waals surface area contributed by atoms with Gasteiger partial charge in [0.25, 0.3) is 0 Å². The van der Waals surface area contributed by atoms with Crippen molar-refractivity contribution >= 4 is 5.91 Å². The fraction of sp³-hybridized carbons (Fsp3) is 0.474. The lowest BCUT2D eigenvalue weighted by Crippen LogP contribution is -2.32. The number of aryl methyl sites for hydroxylation is 1. The highest BCUT2D eigenvalue weighted by atomic mass is 19.1. The SMILES string of the molecule is CN(C(=O)CCC1CCNC1)C(c1cccc(F)c1)c1cnn(C)c1. The van der Waals surface area contributed by atoms with Gasteiger partial charge >= 0.3 is 0 Å². The Morgan fingerprint density at radius 2 is 2.32 bits per heavy atom. The number of nitrogens with one attached hydrogen (secondary N) is 1. The molecule has 25 heavy (non-hydrogen) atoms. The fourth-order valence-electron chi connectivity index (χ4n) is 3.51. The lowest BCUT2D eigenvalue weighted by molar-refractivity contribution is -0.131. The minimum absolute atomic E-state index is 0.0741. The van der Waals surface area contributed by atoms with Crippen LogP contribution in [0.15, 0.2) is 36.7 Å². The van der Waals surface area contributed by atoms with Crippen LogP contribution in [0.1, 0.15) is 36.4 Å². The van der Waals surface area contributed by atoms with Crippen LogP contribution < -0.4 is 5.32 Å². The molecule has 1 fully saturated rings. The lowest BCUT2D eigenvalue weighted by atomic mass is 9.98. The molecule has 0 saturated carbocycles. The average Bonchev–Trinajstić information content (AvgIpc) is 3.25. The van der Waals surface area contributed by atoms with Crippen LogP contribution in [0.3, 0.4) is 0 Å². The van der Waals surface area contributed by atoms with Crippen LogP contribution in [0, 0.1) is 11.7 Å². The predicted molar refractivity (Wildman–Crippen MR) is 94.4 cm³/mol. The first kappa shape index (κ1) is 17.6. The Hall–Kier alpha value is -2.21. The highest BCUT2D eigenvalue weighted by Gasteiger charge is 2.26. The Balaban J connectivity index is 1.79. The maximum atomic E-state index is 13.7. The van der Waals surface area contributed by atoms with Gasteiger partial charge in [0.15, 0.2) is 0 Å². The molecule has 1 amide bonds. The number of nitrogens with zero attached hydrogens (tertiary/aromatic N) is 3. The first-order chi connectivity index (χ1) is 12.0. The van der Waals surface area contributed by atoms with Crippen LogP contribution in [-0.4, -0.2) is 40.7 Å². The van der Waals surface area contributed by atoms with Crippen molar-refractivity contribution in [2.75, 3.05) is 20.1 Å². The quantitative estimate of drug-likeness (QED) is 0.876. The van der Waals surface area contributed by atoms with Crippen molar-refractivity contribution in [1.29, 1.82) is 0 Å². The van der Waals surface area contributed by atoms with Crippen LogP contribution in [0.4, 0.5) is 4.39 Å². The van der Waals surface area contributed by atoms with Crippen LogP contribution >= 0.6 is 0 Å². The van der Waals surface area contributed by atoms with E-state index in [1.165, 1.54) is 12.1 Å². The molecular weight excluding hydrogens is 319 g/mol. The zero-order valence-electron chi connectivity index (χ0n) is 14.8. The van der Waals surface area contributed by atoms with E-state index in [9.17, 15) is 9.18 Å². The summed E-state index contributed by atoms with van der Waals surface area (Å²) >= 11 is 0.